The average Bonchev–Trinajstić information content (AvgIpc) is 3.10. The van der Waals surface area contributed by atoms with Gasteiger partial charge in [-0.15, -0.1) is 0 Å². The molecule has 2 aromatic carbocycles. The zero-order valence-electron chi connectivity index (χ0n) is 14.3. The monoisotopic (exact) mass is 349 g/mol. The molecule has 4 rings (SSSR count). The van der Waals surface area contributed by atoms with Crippen molar-refractivity contribution in [1.29, 1.82) is 0 Å². The fourth-order valence-electron chi connectivity index (χ4n) is 3.52. The Bertz CT molecular complexity index is 1060. The lowest BCUT2D eigenvalue weighted by Crippen LogP contribution is -2.22. The van der Waals surface area contributed by atoms with Gasteiger partial charge in [0, 0.05) is 5.56 Å². The number of carbonyl (C=O) groups excluding carboxylic acids is 1. The number of aromatic carboxylic acids is 1. The number of fused-ring (bicyclic) bond motifs is 3. The van der Waals surface area contributed by atoms with Crippen molar-refractivity contribution in [2.45, 2.75) is 32.8 Å². The first-order chi connectivity index (χ1) is 12.5. The molecule has 1 aliphatic rings. The molecule has 3 aromatic rings. The van der Waals surface area contributed by atoms with Crippen LogP contribution in [0.1, 0.15) is 39.0 Å². The molecule has 1 aromatic heterocycles. The number of ether oxygens (including phenoxy) is 1. The Hall–Kier alpha value is -3.08. The van der Waals surface area contributed by atoms with Gasteiger partial charge in [0.15, 0.2) is 0 Å². The summed E-state index contributed by atoms with van der Waals surface area (Å²) in [6.07, 6.45) is 2.53. The van der Waals surface area contributed by atoms with Gasteiger partial charge in [-0.1, -0.05) is 24.3 Å². The van der Waals surface area contributed by atoms with Crippen LogP contribution in [0.4, 0.5) is 0 Å². The number of carbonyl (C=O) groups is 1. The second-order valence-corrected chi connectivity index (χ2v) is 6.61. The molecule has 0 bridgehead atoms. The lowest BCUT2D eigenvalue weighted by molar-refractivity contribution is -0.255. The number of carboxylic acids is 1. The normalized spacial score (nSPS) is 13.0. The van der Waals surface area contributed by atoms with Gasteiger partial charge in [-0.2, -0.15) is 0 Å². The molecule has 26 heavy (non-hydrogen) atoms. The standard InChI is InChI=1S/C21H18O5/c1-12-9-17(25-11-13-5-7-14(8-6-13)20(22)23)19-15-3-2-4-16(15)21(24)26-18(19)10-12/h5-10H,2-4,11H2,1H3,(H,22,23)/p-1. The minimum absolute atomic E-state index is 0.134. The maximum Gasteiger partial charge on any atom is 0.339 e. The van der Waals surface area contributed by atoms with E-state index in [0.717, 1.165) is 46.9 Å². The van der Waals surface area contributed by atoms with E-state index in [1.165, 1.54) is 12.1 Å². The summed E-state index contributed by atoms with van der Waals surface area (Å²) in [5.74, 6) is -0.515. The average molecular weight is 349 g/mol. The van der Waals surface area contributed by atoms with Crippen molar-refractivity contribution in [3.05, 3.63) is 74.6 Å². The molecular formula is C21H17O5-. The Morgan fingerprint density at radius 2 is 1.88 bits per heavy atom. The molecule has 5 nitrogen and oxygen atoms in total. The van der Waals surface area contributed by atoms with E-state index in [2.05, 4.69) is 0 Å². The van der Waals surface area contributed by atoms with Gasteiger partial charge in [-0.05, 0) is 60.6 Å². The van der Waals surface area contributed by atoms with Crippen molar-refractivity contribution in [2.24, 2.45) is 0 Å². The summed E-state index contributed by atoms with van der Waals surface area (Å²) < 4.78 is 11.5. The largest absolute Gasteiger partial charge is 0.545 e. The van der Waals surface area contributed by atoms with Crippen molar-refractivity contribution in [3.63, 3.8) is 0 Å². The van der Waals surface area contributed by atoms with Gasteiger partial charge in [0.2, 0.25) is 0 Å². The van der Waals surface area contributed by atoms with Crippen molar-refractivity contribution in [2.75, 3.05) is 0 Å². The summed E-state index contributed by atoms with van der Waals surface area (Å²) in [4.78, 5) is 23.0. The molecule has 0 fully saturated rings. The highest BCUT2D eigenvalue weighted by Crippen LogP contribution is 2.35. The van der Waals surface area contributed by atoms with Gasteiger partial charge in [0.1, 0.15) is 17.9 Å². The molecule has 1 heterocycles. The Labute approximate surface area is 149 Å². The molecule has 5 heteroatoms. The van der Waals surface area contributed by atoms with Crippen molar-refractivity contribution < 1.29 is 19.1 Å². The summed E-state index contributed by atoms with van der Waals surface area (Å²) in [7, 11) is 0. The maximum atomic E-state index is 12.2. The van der Waals surface area contributed by atoms with Crippen LogP contribution in [0.2, 0.25) is 0 Å². The molecule has 0 unspecified atom stereocenters. The number of benzene rings is 2. The van der Waals surface area contributed by atoms with Gasteiger partial charge in [-0.25, -0.2) is 4.79 Å². The van der Waals surface area contributed by atoms with Crippen molar-refractivity contribution in [3.8, 4) is 5.75 Å². The fourth-order valence-corrected chi connectivity index (χ4v) is 3.52. The second-order valence-electron chi connectivity index (χ2n) is 6.61. The topological polar surface area (TPSA) is 79.6 Å². The van der Waals surface area contributed by atoms with Crippen LogP contribution in [0.3, 0.4) is 0 Å². The first kappa shape index (κ1) is 16.4. The zero-order valence-corrected chi connectivity index (χ0v) is 14.3. The van der Waals surface area contributed by atoms with E-state index < -0.39 is 5.97 Å². The van der Waals surface area contributed by atoms with E-state index in [-0.39, 0.29) is 11.2 Å². The summed E-state index contributed by atoms with van der Waals surface area (Å²) in [6.45, 7) is 2.22. The Morgan fingerprint density at radius 1 is 1.15 bits per heavy atom. The Morgan fingerprint density at radius 3 is 2.62 bits per heavy atom. The first-order valence-electron chi connectivity index (χ1n) is 8.55. The third-order valence-electron chi connectivity index (χ3n) is 4.76. The highest BCUT2D eigenvalue weighted by molar-refractivity contribution is 5.89. The Balaban J connectivity index is 1.71. The van der Waals surface area contributed by atoms with Crippen LogP contribution in [0.25, 0.3) is 11.0 Å². The predicted molar refractivity (Wildman–Crippen MR) is 94.4 cm³/mol. The maximum absolute atomic E-state index is 12.2. The molecule has 132 valence electrons. The van der Waals surface area contributed by atoms with E-state index in [4.69, 9.17) is 9.15 Å². The van der Waals surface area contributed by atoms with Gasteiger partial charge in [-0.3, -0.25) is 0 Å². The molecule has 0 N–H and O–H groups in total. The molecule has 0 aliphatic heterocycles. The molecule has 0 spiro atoms. The number of rotatable bonds is 4. The number of aryl methyl sites for hydroxylation is 2. The van der Waals surface area contributed by atoms with E-state index in [1.807, 2.05) is 19.1 Å². The van der Waals surface area contributed by atoms with Crippen LogP contribution >= 0.6 is 0 Å². The molecular weight excluding hydrogens is 332 g/mol. The SMILES string of the molecule is Cc1cc(OCc2ccc(C(=O)[O-])cc2)c2c3c(c(=O)oc2c1)CCC3. The van der Waals surface area contributed by atoms with Crippen LogP contribution in [-0.4, -0.2) is 5.97 Å². The van der Waals surface area contributed by atoms with Gasteiger partial charge >= 0.3 is 5.63 Å². The summed E-state index contributed by atoms with van der Waals surface area (Å²) in [5.41, 5.74) is 4.01. The molecule has 0 atom stereocenters. The van der Waals surface area contributed by atoms with Crippen LogP contribution in [0, 0.1) is 6.92 Å². The van der Waals surface area contributed by atoms with E-state index in [0.29, 0.717) is 17.9 Å². The van der Waals surface area contributed by atoms with Crippen LogP contribution in [0.5, 0.6) is 5.75 Å². The molecule has 0 amide bonds. The third-order valence-corrected chi connectivity index (χ3v) is 4.76. The van der Waals surface area contributed by atoms with Gasteiger partial charge in [0.05, 0.1) is 11.4 Å². The second kappa shape index (κ2) is 6.33. The fraction of sp³-hybridized carbons (Fsp3) is 0.238. The number of hydrogen-bond donors (Lipinski definition) is 0. The van der Waals surface area contributed by atoms with Crippen molar-refractivity contribution in [1.82, 2.24) is 0 Å². The summed E-state index contributed by atoms with van der Waals surface area (Å²) in [6, 6.07) is 10.2. The number of carboxylic acid groups (broad SMARTS) is 1. The lowest BCUT2D eigenvalue weighted by Gasteiger charge is -2.13. The third kappa shape index (κ3) is 2.86. The molecule has 0 saturated carbocycles. The lowest BCUT2D eigenvalue weighted by atomic mass is 10.0. The molecule has 0 saturated heterocycles. The van der Waals surface area contributed by atoms with Crippen LogP contribution in [0.15, 0.2) is 45.6 Å². The molecule has 0 radical (unpaired) electrons. The van der Waals surface area contributed by atoms with E-state index >= 15 is 0 Å². The summed E-state index contributed by atoms with van der Waals surface area (Å²) in [5, 5.41) is 11.7. The summed E-state index contributed by atoms with van der Waals surface area (Å²) >= 11 is 0. The quantitative estimate of drug-likeness (QED) is 0.676. The van der Waals surface area contributed by atoms with E-state index in [9.17, 15) is 14.7 Å². The van der Waals surface area contributed by atoms with Crippen LogP contribution < -0.4 is 15.5 Å². The van der Waals surface area contributed by atoms with Crippen molar-refractivity contribution >= 4 is 16.9 Å². The highest BCUT2D eigenvalue weighted by Gasteiger charge is 2.22. The first-order valence-corrected chi connectivity index (χ1v) is 8.55. The smallest absolute Gasteiger partial charge is 0.339 e. The molecule has 1 aliphatic carbocycles. The Kier molecular flexibility index (Phi) is 3.99. The van der Waals surface area contributed by atoms with Gasteiger partial charge < -0.3 is 19.1 Å². The van der Waals surface area contributed by atoms with Gasteiger partial charge in [0.25, 0.3) is 0 Å². The van der Waals surface area contributed by atoms with Crippen LogP contribution in [-0.2, 0) is 19.4 Å². The van der Waals surface area contributed by atoms with E-state index in [1.54, 1.807) is 12.1 Å². The number of hydrogen-bond acceptors (Lipinski definition) is 5. The minimum Gasteiger partial charge on any atom is -0.545 e. The minimum atomic E-state index is -1.20. The predicted octanol–water partition coefficient (Wildman–Crippen LogP) is 2.53. The highest BCUT2D eigenvalue weighted by atomic mass is 16.5. The zero-order chi connectivity index (χ0) is 18.3.